The molecule has 1 aliphatic heterocycles. The van der Waals surface area contributed by atoms with Crippen molar-refractivity contribution >= 4 is 50.8 Å². The van der Waals surface area contributed by atoms with Crippen LogP contribution in [0.15, 0.2) is 54.9 Å². The Morgan fingerprint density at radius 2 is 1.70 bits per heavy atom. The summed E-state index contributed by atoms with van der Waals surface area (Å²) in [6.45, 7) is 2.26. The summed E-state index contributed by atoms with van der Waals surface area (Å²) in [6.07, 6.45) is 1.54. The number of halogens is 1. The van der Waals surface area contributed by atoms with Gasteiger partial charge in [-0.1, -0.05) is 23.7 Å². The highest BCUT2D eigenvalue weighted by atomic mass is 35.5. The second-order valence-electron chi connectivity index (χ2n) is 7.50. The summed E-state index contributed by atoms with van der Waals surface area (Å²) in [5.41, 5.74) is 2.92. The van der Waals surface area contributed by atoms with Gasteiger partial charge in [0.1, 0.15) is 22.2 Å². The minimum absolute atomic E-state index is 0.0355. The van der Waals surface area contributed by atoms with Crippen LogP contribution in [0, 0.1) is 10.1 Å². The number of non-ortho nitro benzene ring substituents is 1. The summed E-state index contributed by atoms with van der Waals surface area (Å²) in [4.78, 5) is 36.0. The number of amides is 1. The molecule has 5 rings (SSSR count). The van der Waals surface area contributed by atoms with E-state index < -0.39 is 4.92 Å². The van der Waals surface area contributed by atoms with Gasteiger partial charge in [0.25, 0.3) is 11.6 Å². The van der Waals surface area contributed by atoms with Crippen LogP contribution >= 0.6 is 23.1 Å². The molecule has 0 atom stereocenters. The Hall–Kier alpha value is -3.63. The van der Waals surface area contributed by atoms with Crippen molar-refractivity contribution in [1.29, 1.82) is 0 Å². The van der Waals surface area contributed by atoms with Gasteiger partial charge in [0.2, 0.25) is 0 Å². The van der Waals surface area contributed by atoms with Crippen molar-refractivity contribution in [3.05, 3.63) is 75.6 Å². The molecule has 4 aromatic rings. The van der Waals surface area contributed by atoms with Gasteiger partial charge in [-0.15, -0.1) is 0 Å². The van der Waals surface area contributed by atoms with Crippen LogP contribution in [-0.4, -0.2) is 56.3 Å². The number of hydrogen-bond acceptors (Lipinski definition) is 8. The fourth-order valence-corrected chi connectivity index (χ4v) is 4.80. The zero-order valence-electron chi connectivity index (χ0n) is 17.2. The number of nitro groups is 1. The quantitative estimate of drug-likeness (QED) is 0.317. The molecule has 0 saturated carbocycles. The number of carbonyl (C=O) groups is 1. The van der Waals surface area contributed by atoms with E-state index in [1.165, 1.54) is 35.8 Å². The normalized spacial score (nSPS) is 14.0. The number of hydrogen-bond donors (Lipinski definition) is 0. The molecule has 9 nitrogen and oxygen atoms in total. The average Bonchev–Trinajstić information content (AvgIpc) is 3.28. The first-order valence-corrected chi connectivity index (χ1v) is 11.3. The molecule has 0 bridgehead atoms. The van der Waals surface area contributed by atoms with Crippen molar-refractivity contribution in [3.8, 4) is 11.3 Å². The van der Waals surface area contributed by atoms with Crippen molar-refractivity contribution < 1.29 is 9.72 Å². The minimum Gasteiger partial charge on any atom is -0.352 e. The Balaban J connectivity index is 1.33. The third-order valence-corrected chi connectivity index (χ3v) is 6.63. The first-order valence-electron chi connectivity index (χ1n) is 10.2. The number of nitrogens with zero attached hydrogens (tertiary/aromatic N) is 6. The molecule has 1 saturated heterocycles. The molecule has 0 radical (unpaired) electrons. The van der Waals surface area contributed by atoms with Crippen molar-refractivity contribution in [2.45, 2.75) is 0 Å². The predicted octanol–water partition coefficient (Wildman–Crippen LogP) is 4.28. The van der Waals surface area contributed by atoms with Gasteiger partial charge in [-0.3, -0.25) is 14.9 Å². The number of benzene rings is 2. The maximum Gasteiger partial charge on any atom is 0.269 e. The highest BCUT2D eigenvalue weighted by molar-refractivity contribution is 7.14. The number of piperazine rings is 1. The lowest BCUT2D eigenvalue weighted by Gasteiger charge is -2.35. The van der Waals surface area contributed by atoms with Gasteiger partial charge in [0, 0.05) is 54.5 Å². The summed E-state index contributed by atoms with van der Waals surface area (Å²) < 4.78 is 5.51. The summed E-state index contributed by atoms with van der Waals surface area (Å²) in [5, 5.41) is 11.5. The standard InChI is InChI=1S/C22H17ClN6O3S/c23-16-5-1-14(2-6-16)18-19-20(33-26-18)21(25-13-24-19)27-9-11-28(12-10-27)22(30)15-3-7-17(8-4-15)29(31)32/h1-8,13H,9-12H2. The van der Waals surface area contributed by atoms with E-state index in [-0.39, 0.29) is 11.6 Å². The maximum atomic E-state index is 12.8. The van der Waals surface area contributed by atoms with Gasteiger partial charge in [-0.2, -0.15) is 4.37 Å². The lowest BCUT2D eigenvalue weighted by molar-refractivity contribution is -0.384. The van der Waals surface area contributed by atoms with Crippen molar-refractivity contribution in [2.75, 3.05) is 31.1 Å². The predicted molar refractivity (Wildman–Crippen MR) is 127 cm³/mol. The van der Waals surface area contributed by atoms with Crippen molar-refractivity contribution in [3.63, 3.8) is 0 Å². The van der Waals surface area contributed by atoms with E-state index in [0.29, 0.717) is 36.8 Å². The van der Waals surface area contributed by atoms with E-state index in [1.54, 1.807) is 11.2 Å². The summed E-state index contributed by atoms with van der Waals surface area (Å²) >= 11 is 7.36. The molecule has 0 aliphatic carbocycles. The monoisotopic (exact) mass is 480 g/mol. The Kier molecular flexibility index (Phi) is 5.61. The van der Waals surface area contributed by atoms with E-state index in [1.807, 2.05) is 24.3 Å². The lowest BCUT2D eigenvalue weighted by Crippen LogP contribution is -2.49. The fourth-order valence-electron chi connectivity index (χ4n) is 3.80. The van der Waals surface area contributed by atoms with E-state index in [9.17, 15) is 14.9 Å². The Labute approximate surface area is 197 Å². The second-order valence-corrected chi connectivity index (χ2v) is 8.71. The first-order chi connectivity index (χ1) is 16.0. The molecule has 2 aromatic carbocycles. The van der Waals surface area contributed by atoms with Crippen LogP contribution in [0.4, 0.5) is 11.5 Å². The molecule has 166 valence electrons. The highest BCUT2D eigenvalue weighted by Gasteiger charge is 2.25. The molecule has 1 aliphatic rings. The smallest absolute Gasteiger partial charge is 0.269 e. The van der Waals surface area contributed by atoms with E-state index in [4.69, 9.17) is 11.6 Å². The number of aromatic nitrogens is 3. The van der Waals surface area contributed by atoms with Crippen LogP contribution in [0.1, 0.15) is 10.4 Å². The molecule has 0 spiro atoms. The van der Waals surface area contributed by atoms with Crippen LogP contribution in [0.2, 0.25) is 5.02 Å². The maximum absolute atomic E-state index is 12.8. The zero-order chi connectivity index (χ0) is 22.9. The number of carbonyl (C=O) groups excluding carboxylic acids is 1. The van der Waals surface area contributed by atoms with Crippen molar-refractivity contribution in [2.24, 2.45) is 0 Å². The van der Waals surface area contributed by atoms with Gasteiger partial charge in [-0.05, 0) is 35.8 Å². The largest absolute Gasteiger partial charge is 0.352 e. The number of fused-ring (bicyclic) bond motifs is 1. The second kappa shape index (κ2) is 8.72. The van der Waals surface area contributed by atoms with Gasteiger partial charge in [-0.25, -0.2) is 9.97 Å². The molecule has 11 heteroatoms. The summed E-state index contributed by atoms with van der Waals surface area (Å²) in [7, 11) is 0. The van der Waals surface area contributed by atoms with Crippen LogP contribution in [-0.2, 0) is 0 Å². The fraction of sp³-hybridized carbons (Fsp3) is 0.182. The third kappa shape index (κ3) is 4.10. The number of rotatable bonds is 4. The molecular formula is C22H17ClN6O3S. The molecule has 3 heterocycles. The molecule has 1 amide bonds. The molecule has 0 N–H and O–H groups in total. The first kappa shape index (κ1) is 21.2. The van der Waals surface area contributed by atoms with Gasteiger partial charge in [0.15, 0.2) is 5.82 Å². The number of anilines is 1. The molecular weight excluding hydrogens is 464 g/mol. The third-order valence-electron chi connectivity index (χ3n) is 5.55. The van der Waals surface area contributed by atoms with Crippen LogP contribution < -0.4 is 4.90 Å². The molecule has 1 fully saturated rings. The minimum atomic E-state index is -0.479. The van der Waals surface area contributed by atoms with Crippen molar-refractivity contribution in [1.82, 2.24) is 19.2 Å². The molecule has 2 aromatic heterocycles. The topological polar surface area (TPSA) is 105 Å². The van der Waals surface area contributed by atoms with Gasteiger partial charge in [0.05, 0.1) is 4.92 Å². The molecule has 0 unspecified atom stereocenters. The van der Waals surface area contributed by atoms with Crippen LogP contribution in [0.5, 0.6) is 0 Å². The van der Waals surface area contributed by atoms with Crippen LogP contribution in [0.25, 0.3) is 21.5 Å². The Morgan fingerprint density at radius 3 is 2.36 bits per heavy atom. The number of nitro benzene ring substituents is 1. The highest BCUT2D eigenvalue weighted by Crippen LogP contribution is 2.34. The van der Waals surface area contributed by atoms with Gasteiger partial charge < -0.3 is 9.80 Å². The van der Waals surface area contributed by atoms with E-state index in [2.05, 4.69) is 19.2 Å². The summed E-state index contributed by atoms with van der Waals surface area (Å²) in [6, 6.07) is 13.2. The van der Waals surface area contributed by atoms with E-state index >= 15 is 0 Å². The molecule has 33 heavy (non-hydrogen) atoms. The SMILES string of the molecule is O=C(c1ccc([N+](=O)[O-])cc1)N1CCN(c2ncnc3c(-c4ccc(Cl)cc4)nsc23)CC1. The average molecular weight is 481 g/mol. The Bertz CT molecular complexity index is 1330. The zero-order valence-corrected chi connectivity index (χ0v) is 18.8. The van der Waals surface area contributed by atoms with Gasteiger partial charge >= 0.3 is 0 Å². The summed E-state index contributed by atoms with van der Waals surface area (Å²) in [5.74, 6) is 0.667. The van der Waals surface area contributed by atoms with E-state index in [0.717, 1.165) is 27.3 Å². The van der Waals surface area contributed by atoms with Crippen LogP contribution in [0.3, 0.4) is 0 Å². The lowest BCUT2D eigenvalue weighted by atomic mass is 10.1. The Morgan fingerprint density at radius 1 is 1.00 bits per heavy atom.